The molecule has 1 amide bonds. The first-order valence-electron chi connectivity index (χ1n) is 6.80. The van der Waals surface area contributed by atoms with E-state index in [1.165, 1.54) is 5.69 Å². The molecule has 19 heavy (non-hydrogen) atoms. The predicted octanol–water partition coefficient (Wildman–Crippen LogP) is 0.577. The molecular weight excluding hydrogens is 240 g/mol. The minimum Gasteiger partial charge on any atom is -0.369 e. The average molecular weight is 262 g/mol. The Bertz CT molecular complexity index is 401. The van der Waals surface area contributed by atoms with Gasteiger partial charge in [0.2, 0.25) is 0 Å². The molecule has 1 aliphatic rings. The van der Waals surface area contributed by atoms with E-state index in [0.29, 0.717) is 0 Å². The number of nitrogens with one attached hydrogen (secondary N) is 1. The lowest BCUT2D eigenvalue weighted by molar-refractivity contribution is -0.126. The Balaban J connectivity index is 1.93. The number of piperazine rings is 1. The number of anilines is 1. The number of para-hydroxylation sites is 1. The summed E-state index contributed by atoms with van der Waals surface area (Å²) in [6.45, 7) is 5.68. The minimum absolute atomic E-state index is 0.0874. The zero-order valence-electron chi connectivity index (χ0n) is 11.4. The molecule has 0 aromatic heterocycles. The van der Waals surface area contributed by atoms with Gasteiger partial charge in [-0.25, -0.2) is 5.84 Å². The molecule has 0 aliphatic carbocycles. The van der Waals surface area contributed by atoms with Gasteiger partial charge in [-0.1, -0.05) is 25.1 Å². The summed E-state index contributed by atoms with van der Waals surface area (Å²) >= 11 is 0. The van der Waals surface area contributed by atoms with E-state index < -0.39 is 0 Å². The average Bonchev–Trinajstić information content (AvgIpc) is 2.49. The summed E-state index contributed by atoms with van der Waals surface area (Å²) in [5.41, 5.74) is 3.51. The van der Waals surface area contributed by atoms with Gasteiger partial charge in [0.1, 0.15) is 0 Å². The van der Waals surface area contributed by atoms with E-state index in [0.717, 1.165) is 32.6 Å². The van der Waals surface area contributed by atoms with Crippen LogP contribution in [0.3, 0.4) is 0 Å². The third-order valence-electron chi connectivity index (χ3n) is 3.71. The van der Waals surface area contributed by atoms with Crippen molar-refractivity contribution in [2.45, 2.75) is 19.4 Å². The third kappa shape index (κ3) is 3.24. The molecule has 1 heterocycles. The number of rotatable bonds is 4. The molecule has 1 atom stereocenters. The standard InChI is InChI=1S/C14H22N4O/c1-2-13(14(19)16-15)18-10-8-17(9-11-18)12-6-4-3-5-7-12/h3-7,13H,2,8-11,15H2,1H3,(H,16,19)/t13-/m1/s1. The van der Waals surface area contributed by atoms with Gasteiger partial charge in [0.25, 0.3) is 5.91 Å². The number of carbonyl (C=O) groups excluding carboxylic acids is 1. The first-order chi connectivity index (χ1) is 9.26. The highest BCUT2D eigenvalue weighted by atomic mass is 16.2. The Labute approximate surface area is 114 Å². The fraction of sp³-hybridized carbons (Fsp3) is 0.500. The van der Waals surface area contributed by atoms with Gasteiger partial charge >= 0.3 is 0 Å². The molecule has 0 radical (unpaired) electrons. The summed E-state index contributed by atoms with van der Waals surface area (Å²) in [6.07, 6.45) is 0.786. The summed E-state index contributed by atoms with van der Waals surface area (Å²) in [5, 5.41) is 0. The van der Waals surface area contributed by atoms with Crippen LogP contribution in [-0.2, 0) is 4.79 Å². The Morgan fingerprint density at radius 2 is 1.89 bits per heavy atom. The quantitative estimate of drug-likeness (QED) is 0.473. The largest absolute Gasteiger partial charge is 0.369 e. The second-order valence-corrected chi connectivity index (χ2v) is 4.79. The summed E-state index contributed by atoms with van der Waals surface area (Å²) in [4.78, 5) is 16.3. The van der Waals surface area contributed by atoms with Crippen molar-refractivity contribution in [1.29, 1.82) is 0 Å². The SMILES string of the molecule is CC[C@H](C(=O)NN)N1CCN(c2ccccc2)CC1. The Morgan fingerprint density at radius 1 is 1.26 bits per heavy atom. The maximum absolute atomic E-state index is 11.7. The van der Waals surface area contributed by atoms with Gasteiger partial charge in [-0.2, -0.15) is 0 Å². The lowest BCUT2D eigenvalue weighted by Crippen LogP contribution is -2.55. The second-order valence-electron chi connectivity index (χ2n) is 4.79. The van der Waals surface area contributed by atoms with Crippen molar-refractivity contribution < 1.29 is 4.79 Å². The van der Waals surface area contributed by atoms with Crippen LogP contribution in [0.4, 0.5) is 5.69 Å². The molecule has 0 unspecified atom stereocenters. The van der Waals surface area contributed by atoms with Crippen molar-refractivity contribution in [3.8, 4) is 0 Å². The normalized spacial score (nSPS) is 18.1. The van der Waals surface area contributed by atoms with Crippen molar-refractivity contribution in [2.24, 2.45) is 5.84 Å². The van der Waals surface area contributed by atoms with Crippen LogP contribution in [0.15, 0.2) is 30.3 Å². The van der Waals surface area contributed by atoms with Crippen molar-refractivity contribution in [1.82, 2.24) is 10.3 Å². The van der Waals surface area contributed by atoms with Crippen molar-refractivity contribution in [3.05, 3.63) is 30.3 Å². The molecule has 5 nitrogen and oxygen atoms in total. The number of hydrogen-bond acceptors (Lipinski definition) is 4. The van der Waals surface area contributed by atoms with E-state index in [1.807, 2.05) is 13.0 Å². The number of amides is 1. The fourth-order valence-electron chi connectivity index (χ4n) is 2.64. The smallest absolute Gasteiger partial charge is 0.251 e. The van der Waals surface area contributed by atoms with E-state index in [4.69, 9.17) is 5.84 Å². The fourth-order valence-corrected chi connectivity index (χ4v) is 2.64. The van der Waals surface area contributed by atoms with E-state index in [1.54, 1.807) is 0 Å². The Hall–Kier alpha value is -1.59. The predicted molar refractivity (Wildman–Crippen MR) is 76.6 cm³/mol. The first kappa shape index (κ1) is 13.8. The van der Waals surface area contributed by atoms with Gasteiger partial charge in [0.15, 0.2) is 0 Å². The number of hydrogen-bond donors (Lipinski definition) is 2. The van der Waals surface area contributed by atoms with Crippen LogP contribution in [0.25, 0.3) is 0 Å². The van der Waals surface area contributed by atoms with Crippen LogP contribution in [-0.4, -0.2) is 43.0 Å². The number of carbonyl (C=O) groups is 1. The number of hydrazine groups is 1. The highest BCUT2D eigenvalue weighted by Crippen LogP contribution is 2.17. The first-order valence-corrected chi connectivity index (χ1v) is 6.80. The van der Waals surface area contributed by atoms with Crippen LogP contribution in [0.5, 0.6) is 0 Å². The molecule has 0 saturated carbocycles. The Morgan fingerprint density at radius 3 is 2.42 bits per heavy atom. The monoisotopic (exact) mass is 262 g/mol. The van der Waals surface area contributed by atoms with Gasteiger partial charge in [-0.3, -0.25) is 15.1 Å². The molecule has 1 aromatic rings. The van der Waals surface area contributed by atoms with Gasteiger partial charge in [-0.15, -0.1) is 0 Å². The molecule has 2 rings (SSSR count). The summed E-state index contributed by atoms with van der Waals surface area (Å²) in [6, 6.07) is 10.3. The molecule has 0 bridgehead atoms. The van der Waals surface area contributed by atoms with Crippen molar-refractivity contribution in [3.63, 3.8) is 0 Å². The van der Waals surface area contributed by atoms with Crippen LogP contribution in [0.2, 0.25) is 0 Å². The van der Waals surface area contributed by atoms with Crippen LogP contribution in [0.1, 0.15) is 13.3 Å². The molecule has 1 aliphatic heterocycles. The maximum atomic E-state index is 11.7. The number of benzene rings is 1. The zero-order valence-corrected chi connectivity index (χ0v) is 11.4. The van der Waals surface area contributed by atoms with Crippen LogP contribution < -0.4 is 16.2 Å². The molecule has 3 N–H and O–H groups in total. The van der Waals surface area contributed by atoms with E-state index in [-0.39, 0.29) is 11.9 Å². The van der Waals surface area contributed by atoms with Crippen LogP contribution in [0, 0.1) is 0 Å². The molecular formula is C14H22N4O. The lowest BCUT2D eigenvalue weighted by Gasteiger charge is -2.39. The molecule has 5 heteroatoms. The third-order valence-corrected chi connectivity index (χ3v) is 3.71. The number of nitrogens with zero attached hydrogens (tertiary/aromatic N) is 2. The highest BCUT2D eigenvalue weighted by Gasteiger charge is 2.27. The zero-order chi connectivity index (χ0) is 13.7. The van der Waals surface area contributed by atoms with Crippen molar-refractivity contribution in [2.75, 3.05) is 31.1 Å². The van der Waals surface area contributed by atoms with Gasteiger partial charge in [0.05, 0.1) is 6.04 Å². The van der Waals surface area contributed by atoms with Crippen molar-refractivity contribution >= 4 is 11.6 Å². The molecule has 1 aromatic carbocycles. The highest BCUT2D eigenvalue weighted by molar-refractivity contribution is 5.81. The van der Waals surface area contributed by atoms with E-state index in [9.17, 15) is 4.79 Å². The van der Waals surface area contributed by atoms with Crippen LogP contribution >= 0.6 is 0 Å². The summed E-state index contributed by atoms with van der Waals surface area (Å²) < 4.78 is 0. The Kier molecular flexibility index (Phi) is 4.76. The summed E-state index contributed by atoms with van der Waals surface area (Å²) in [7, 11) is 0. The van der Waals surface area contributed by atoms with E-state index in [2.05, 4.69) is 39.5 Å². The second kappa shape index (κ2) is 6.54. The topological polar surface area (TPSA) is 61.6 Å². The van der Waals surface area contributed by atoms with E-state index >= 15 is 0 Å². The minimum atomic E-state index is -0.108. The molecule has 104 valence electrons. The van der Waals surface area contributed by atoms with Gasteiger partial charge < -0.3 is 4.90 Å². The summed E-state index contributed by atoms with van der Waals surface area (Å²) in [5.74, 6) is 5.15. The number of nitrogens with two attached hydrogens (primary N) is 1. The molecule has 1 saturated heterocycles. The van der Waals surface area contributed by atoms with Gasteiger partial charge in [-0.05, 0) is 18.6 Å². The molecule has 0 spiro atoms. The lowest BCUT2D eigenvalue weighted by atomic mass is 10.1. The van der Waals surface area contributed by atoms with Gasteiger partial charge in [0, 0.05) is 31.9 Å². The maximum Gasteiger partial charge on any atom is 0.251 e. The molecule has 1 fully saturated rings.